The second-order valence-electron chi connectivity index (χ2n) is 6.69. The Morgan fingerprint density at radius 1 is 1.31 bits per heavy atom. The average Bonchev–Trinajstić information content (AvgIpc) is 3.20. The number of carbonyl (C=O) groups is 2. The van der Waals surface area contributed by atoms with Crippen molar-refractivity contribution >= 4 is 46.2 Å². The van der Waals surface area contributed by atoms with Crippen molar-refractivity contribution in [3.05, 3.63) is 58.8 Å². The van der Waals surface area contributed by atoms with Crippen LogP contribution in [0.3, 0.4) is 0 Å². The third kappa shape index (κ3) is 4.87. The van der Waals surface area contributed by atoms with Gasteiger partial charge in [-0.2, -0.15) is 0 Å². The van der Waals surface area contributed by atoms with Crippen molar-refractivity contribution in [3.63, 3.8) is 0 Å². The van der Waals surface area contributed by atoms with E-state index < -0.39 is 6.10 Å². The lowest BCUT2D eigenvalue weighted by molar-refractivity contribution is -0.135. The van der Waals surface area contributed by atoms with Gasteiger partial charge < -0.3 is 19.7 Å². The summed E-state index contributed by atoms with van der Waals surface area (Å²) < 4.78 is 2.22. The van der Waals surface area contributed by atoms with E-state index in [1.807, 2.05) is 29.9 Å². The molecule has 1 aliphatic rings. The largest absolute Gasteiger partial charge is 0.508 e. The van der Waals surface area contributed by atoms with Gasteiger partial charge >= 0.3 is 0 Å². The first-order valence-electron chi connectivity index (χ1n) is 8.84. The molecule has 1 aromatic carbocycles. The lowest BCUT2D eigenvalue weighted by Gasteiger charge is -2.23. The van der Waals surface area contributed by atoms with Gasteiger partial charge in [0.25, 0.3) is 5.91 Å². The molecule has 1 atom stereocenters. The zero-order valence-corrected chi connectivity index (χ0v) is 17.6. The van der Waals surface area contributed by atoms with Gasteiger partial charge in [-0.1, -0.05) is 36.1 Å². The standard InChI is InChI=1S/C20H21N3O4S2/c1-21-9-3-4-14(21)10-17-19(27)23(20(28)29-17)12-18(26)22(2)11-16(25)13-5-7-15(24)8-6-13/h3-10,16,24-25H,11-12H2,1-2H3. The fourth-order valence-corrected chi connectivity index (χ4v) is 4.05. The number of aromatic nitrogens is 1. The normalized spacial score (nSPS) is 16.5. The van der Waals surface area contributed by atoms with Crippen molar-refractivity contribution in [2.24, 2.45) is 7.05 Å². The van der Waals surface area contributed by atoms with E-state index in [2.05, 4.69) is 0 Å². The van der Waals surface area contributed by atoms with Crippen LogP contribution in [0.4, 0.5) is 0 Å². The summed E-state index contributed by atoms with van der Waals surface area (Å²) >= 11 is 6.45. The maximum Gasteiger partial charge on any atom is 0.266 e. The number of thioether (sulfide) groups is 1. The van der Waals surface area contributed by atoms with Gasteiger partial charge in [0.05, 0.1) is 17.6 Å². The first-order chi connectivity index (χ1) is 13.8. The van der Waals surface area contributed by atoms with E-state index in [-0.39, 0.29) is 30.7 Å². The molecule has 1 fully saturated rings. The number of nitrogens with zero attached hydrogens (tertiary/aromatic N) is 3. The molecule has 0 saturated carbocycles. The van der Waals surface area contributed by atoms with Crippen LogP contribution in [0.2, 0.25) is 0 Å². The van der Waals surface area contributed by atoms with Crippen LogP contribution in [0.5, 0.6) is 5.75 Å². The summed E-state index contributed by atoms with van der Waals surface area (Å²) in [6, 6.07) is 9.89. The van der Waals surface area contributed by atoms with Gasteiger partial charge in [0.2, 0.25) is 5.91 Å². The van der Waals surface area contributed by atoms with E-state index in [1.165, 1.54) is 33.7 Å². The smallest absolute Gasteiger partial charge is 0.266 e. The van der Waals surface area contributed by atoms with E-state index in [0.717, 1.165) is 5.69 Å². The minimum absolute atomic E-state index is 0.0532. The molecule has 2 amide bonds. The van der Waals surface area contributed by atoms with E-state index >= 15 is 0 Å². The summed E-state index contributed by atoms with van der Waals surface area (Å²) in [5.41, 5.74) is 1.45. The fraction of sp³-hybridized carbons (Fsp3) is 0.250. The van der Waals surface area contributed by atoms with Gasteiger partial charge in [-0.05, 0) is 35.9 Å². The molecule has 1 aromatic heterocycles. The molecule has 29 heavy (non-hydrogen) atoms. The maximum atomic E-state index is 12.7. The predicted octanol–water partition coefficient (Wildman–Crippen LogP) is 2.12. The Balaban J connectivity index is 1.62. The third-order valence-corrected chi connectivity index (χ3v) is 5.96. The number of phenols is 1. The fourth-order valence-electron chi connectivity index (χ4n) is 2.81. The number of aliphatic hydroxyl groups excluding tert-OH is 1. The van der Waals surface area contributed by atoms with Crippen LogP contribution in [0.1, 0.15) is 17.4 Å². The molecular formula is C20H21N3O4S2. The summed E-state index contributed by atoms with van der Waals surface area (Å²) in [6.07, 6.45) is 2.72. The van der Waals surface area contributed by atoms with Crippen LogP contribution in [0, 0.1) is 0 Å². The van der Waals surface area contributed by atoms with Gasteiger partial charge in [-0.15, -0.1) is 0 Å². The zero-order valence-electron chi connectivity index (χ0n) is 16.0. The van der Waals surface area contributed by atoms with Crippen LogP contribution in [0.15, 0.2) is 47.5 Å². The highest BCUT2D eigenvalue weighted by Crippen LogP contribution is 2.32. The number of rotatable bonds is 6. The molecule has 3 rings (SSSR count). The van der Waals surface area contributed by atoms with Crippen molar-refractivity contribution in [1.29, 1.82) is 0 Å². The molecule has 0 bridgehead atoms. The Labute approximate surface area is 178 Å². The molecule has 2 heterocycles. The van der Waals surface area contributed by atoms with Gasteiger partial charge in [-0.25, -0.2) is 0 Å². The summed E-state index contributed by atoms with van der Waals surface area (Å²) in [5, 5.41) is 19.6. The Morgan fingerprint density at radius 2 is 2.00 bits per heavy atom. The number of hydrogen-bond donors (Lipinski definition) is 2. The lowest BCUT2D eigenvalue weighted by Crippen LogP contribution is -2.41. The molecule has 0 radical (unpaired) electrons. The highest BCUT2D eigenvalue weighted by molar-refractivity contribution is 8.26. The molecule has 152 valence electrons. The van der Waals surface area contributed by atoms with Crippen LogP contribution >= 0.6 is 24.0 Å². The second-order valence-corrected chi connectivity index (χ2v) is 8.37. The number of aryl methyl sites for hydroxylation is 1. The van der Waals surface area contributed by atoms with Crippen LogP contribution in [-0.4, -0.2) is 60.9 Å². The van der Waals surface area contributed by atoms with Crippen molar-refractivity contribution in [1.82, 2.24) is 14.4 Å². The molecule has 0 spiro atoms. The van der Waals surface area contributed by atoms with Crippen LogP contribution in [-0.2, 0) is 16.6 Å². The summed E-state index contributed by atoms with van der Waals surface area (Å²) in [5.74, 6) is -0.538. The van der Waals surface area contributed by atoms with Gasteiger partial charge in [0, 0.05) is 26.0 Å². The van der Waals surface area contributed by atoms with E-state index in [9.17, 15) is 19.8 Å². The number of aromatic hydroxyl groups is 1. The molecule has 7 nitrogen and oxygen atoms in total. The summed E-state index contributed by atoms with van der Waals surface area (Å²) in [4.78, 5) is 28.4. The number of benzene rings is 1. The zero-order chi connectivity index (χ0) is 21.1. The van der Waals surface area contributed by atoms with Crippen LogP contribution in [0.25, 0.3) is 6.08 Å². The first kappa shape index (κ1) is 21.1. The lowest BCUT2D eigenvalue weighted by atomic mass is 10.1. The maximum absolute atomic E-state index is 12.7. The molecule has 2 aromatic rings. The molecule has 1 unspecified atom stereocenters. The quantitative estimate of drug-likeness (QED) is 0.538. The average molecular weight is 432 g/mol. The van der Waals surface area contributed by atoms with Gasteiger partial charge in [0.1, 0.15) is 16.6 Å². The molecule has 9 heteroatoms. The molecule has 1 aliphatic heterocycles. The Kier molecular flexibility index (Phi) is 6.41. The molecular weight excluding hydrogens is 410 g/mol. The van der Waals surface area contributed by atoms with Crippen molar-refractivity contribution in [2.75, 3.05) is 20.1 Å². The van der Waals surface area contributed by atoms with E-state index in [4.69, 9.17) is 12.2 Å². The highest BCUT2D eigenvalue weighted by Gasteiger charge is 2.34. The second kappa shape index (κ2) is 8.81. The highest BCUT2D eigenvalue weighted by atomic mass is 32.2. The Hall–Kier alpha value is -2.62. The van der Waals surface area contributed by atoms with Crippen molar-refractivity contribution in [2.45, 2.75) is 6.10 Å². The predicted molar refractivity (Wildman–Crippen MR) is 116 cm³/mol. The monoisotopic (exact) mass is 431 g/mol. The number of hydrogen-bond acceptors (Lipinski definition) is 6. The number of carbonyl (C=O) groups excluding carboxylic acids is 2. The first-order valence-corrected chi connectivity index (χ1v) is 10.1. The number of thiocarbonyl (C=S) groups is 1. The van der Waals surface area contributed by atoms with Crippen LogP contribution < -0.4 is 0 Å². The Morgan fingerprint density at radius 3 is 2.62 bits per heavy atom. The van der Waals surface area contributed by atoms with E-state index in [1.54, 1.807) is 25.3 Å². The van der Waals surface area contributed by atoms with Gasteiger partial charge in [0.15, 0.2) is 0 Å². The summed E-state index contributed by atoms with van der Waals surface area (Å²) in [6.45, 7) is -0.133. The van der Waals surface area contributed by atoms with Crippen molar-refractivity contribution in [3.8, 4) is 5.75 Å². The van der Waals surface area contributed by atoms with Crippen molar-refractivity contribution < 1.29 is 19.8 Å². The Bertz CT molecular complexity index is 968. The van der Waals surface area contributed by atoms with Gasteiger partial charge in [-0.3, -0.25) is 14.5 Å². The number of likely N-dealkylation sites (N-methyl/N-ethyl adjacent to an activating group) is 1. The molecule has 0 aliphatic carbocycles. The van der Waals surface area contributed by atoms with E-state index in [0.29, 0.717) is 14.8 Å². The minimum Gasteiger partial charge on any atom is -0.508 e. The summed E-state index contributed by atoms with van der Waals surface area (Å²) in [7, 11) is 3.44. The number of phenolic OH excluding ortho intramolecular Hbond substituents is 1. The molecule has 2 N–H and O–H groups in total. The third-order valence-electron chi connectivity index (χ3n) is 4.58. The molecule has 1 saturated heterocycles. The number of aliphatic hydroxyl groups is 1. The topological polar surface area (TPSA) is 86.0 Å². The number of amides is 2. The SMILES string of the molecule is CN(CC(O)c1ccc(O)cc1)C(=O)CN1C(=O)C(=Cc2cccn2C)SC1=S. The minimum atomic E-state index is -0.909.